The molecule has 2 aromatic rings. The lowest BCUT2D eigenvalue weighted by atomic mass is 9.88. The average Bonchev–Trinajstić information content (AvgIpc) is 3.24. The quantitative estimate of drug-likeness (QED) is 0.926. The second-order valence-electron chi connectivity index (χ2n) is 7.01. The van der Waals surface area contributed by atoms with Gasteiger partial charge in [0.2, 0.25) is 11.8 Å². The van der Waals surface area contributed by atoms with E-state index in [-0.39, 0.29) is 18.0 Å². The molecule has 6 heteroatoms. The maximum atomic E-state index is 12.6. The molecule has 2 heterocycles. The van der Waals surface area contributed by atoms with Gasteiger partial charge in [0.1, 0.15) is 0 Å². The number of carbonyl (C=O) groups is 1. The highest BCUT2D eigenvalue weighted by atomic mass is 16.5. The van der Waals surface area contributed by atoms with E-state index in [0.717, 1.165) is 38.6 Å². The van der Waals surface area contributed by atoms with E-state index in [1.165, 1.54) is 11.1 Å². The molecule has 25 heavy (non-hydrogen) atoms. The van der Waals surface area contributed by atoms with Crippen molar-refractivity contribution in [1.82, 2.24) is 20.4 Å². The van der Waals surface area contributed by atoms with Gasteiger partial charge in [-0.2, -0.15) is 4.98 Å². The molecular weight excluding hydrogens is 316 g/mol. The Labute approximate surface area is 147 Å². The van der Waals surface area contributed by atoms with Crippen molar-refractivity contribution in [3.63, 3.8) is 0 Å². The Hall–Kier alpha value is -2.21. The Morgan fingerprint density at radius 2 is 2.20 bits per heavy atom. The summed E-state index contributed by atoms with van der Waals surface area (Å²) in [4.78, 5) is 19.1. The van der Waals surface area contributed by atoms with Crippen molar-refractivity contribution < 1.29 is 9.32 Å². The van der Waals surface area contributed by atoms with E-state index < -0.39 is 0 Å². The number of rotatable bonds is 4. The van der Waals surface area contributed by atoms with E-state index in [2.05, 4.69) is 44.6 Å². The van der Waals surface area contributed by atoms with Crippen LogP contribution in [0, 0.1) is 6.92 Å². The van der Waals surface area contributed by atoms with E-state index in [9.17, 15) is 4.79 Å². The number of aromatic nitrogens is 2. The molecule has 1 aromatic carbocycles. The first-order valence-corrected chi connectivity index (χ1v) is 9.12. The summed E-state index contributed by atoms with van der Waals surface area (Å²) < 4.78 is 5.10. The predicted octanol–water partition coefficient (Wildman–Crippen LogP) is 2.71. The summed E-state index contributed by atoms with van der Waals surface area (Å²) in [7, 11) is 0. The van der Waals surface area contributed by atoms with Crippen LogP contribution in [0.2, 0.25) is 0 Å². The van der Waals surface area contributed by atoms with Gasteiger partial charge < -0.3 is 9.84 Å². The van der Waals surface area contributed by atoms with Crippen LogP contribution in [0.3, 0.4) is 0 Å². The third kappa shape index (κ3) is 3.44. The van der Waals surface area contributed by atoms with Gasteiger partial charge in [-0.05, 0) is 49.8 Å². The topological polar surface area (TPSA) is 71.3 Å². The molecule has 0 radical (unpaired) electrons. The highest BCUT2D eigenvalue weighted by molar-refractivity contribution is 5.78. The normalized spacial score (nSPS) is 23.4. The smallest absolute Gasteiger partial charge is 0.234 e. The van der Waals surface area contributed by atoms with Gasteiger partial charge in [-0.15, -0.1) is 0 Å². The fraction of sp³-hybridized carbons (Fsp3) is 0.526. The highest BCUT2D eigenvalue weighted by Gasteiger charge is 2.31. The predicted molar refractivity (Wildman–Crippen MR) is 92.8 cm³/mol. The van der Waals surface area contributed by atoms with Crippen LogP contribution in [-0.4, -0.2) is 34.0 Å². The number of likely N-dealkylation sites (tertiary alicyclic amines) is 1. The fourth-order valence-electron chi connectivity index (χ4n) is 4.09. The molecule has 6 nitrogen and oxygen atoms in total. The summed E-state index contributed by atoms with van der Waals surface area (Å²) in [6.45, 7) is 3.08. The summed E-state index contributed by atoms with van der Waals surface area (Å²) in [5, 5.41) is 7.28. The second kappa shape index (κ2) is 6.96. The van der Waals surface area contributed by atoms with Crippen LogP contribution in [0.4, 0.5) is 0 Å². The van der Waals surface area contributed by atoms with Crippen molar-refractivity contribution in [3.8, 4) is 0 Å². The van der Waals surface area contributed by atoms with Gasteiger partial charge in [-0.25, -0.2) is 0 Å². The Balaban J connectivity index is 1.41. The minimum atomic E-state index is 0.0776. The zero-order valence-corrected chi connectivity index (χ0v) is 14.6. The molecule has 1 fully saturated rings. The molecule has 4 rings (SSSR count). The monoisotopic (exact) mass is 340 g/mol. The standard InChI is InChI=1S/C19H24N4O2/c1-13-20-19(22-25-13)17-10-5-11-23(17)12-18(24)21-16-9-4-7-14-6-2-3-8-15(14)16/h2-3,6,8,16-17H,4-5,7,9-12H2,1H3,(H,21,24)/t16-,17-/m0/s1. The Morgan fingerprint density at radius 3 is 3.04 bits per heavy atom. The molecule has 1 amide bonds. The second-order valence-corrected chi connectivity index (χ2v) is 7.01. The SMILES string of the molecule is Cc1nc([C@@H]2CCCN2CC(=O)N[C@H]2CCCc3ccccc32)no1. The number of fused-ring (bicyclic) bond motifs is 1. The zero-order chi connectivity index (χ0) is 17.2. The van der Waals surface area contributed by atoms with Gasteiger partial charge in [-0.1, -0.05) is 29.4 Å². The fourth-order valence-corrected chi connectivity index (χ4v) is 4.09. The number of benzene rings is 1. The number of amides is 1. The lowest BCUT2D eigenvalue weighted by Gasteiger charge is -2.28. The lowest BCUT2D eigenvalue weighted by molar-refractivity contribution is -0.123. The number of nitrogens with zero attached hydrogens (tertiary/aromatic N) is 3. The van der Waals surface area contributed by atoms with Gasteiger partial charge in [0, 0.05) is 6.92 Å². The van der Waals surface area contributed by atoms with Crippen LogP contribution in [0.25, 0.3) is 0 Å². The van der Waals surface area contributed by atoms with Crippen molar-refractivity contribution in [2.24, 2.45) is 0 Å². The molecule has 2 aliphatic rings. The minimum Gasteiger partial charge on any atom is -0.348 e. The van der Waals surface area contributed by atoms with Crippen LogP contribution < -0.4 is 5.32 Å². The summed E-state index contributed by atoms with van der Waals surface area (Å²) in [6.07, 6.45) is 5.26. The van der Waals surface area contributed by atoms with Crippen LogP contribution in [-0.2, 0) is 11.2 Å². The van der Waals surface area contributed by atoms with Gasteiger partial charge in [0.25, 0.3) is 0 Å². The number of hydrogen-bond acceptors (Lipinski definition) is 5. The first-order valence-electron chi connectivity index (χ1n) is 9.12. The molecule has 0 bridgehead atoms. The van der Waals surface area contributed by atoms with Crippen molar-refractivity contribution in [1.29, 1.82) is 0 Å². The minimum absolute atomic E-state index is 0.0776. The highest BCUT2D eigenvalue weighted by Crippen LogP contribution is 2.31. The van der Waals surface area contributed by atoms with E-state index in [1.54, 1.807) is 6.92 Å². The third-order valence-electron chi connectivity index (χ3n) is 5.26. The Bertz CT molecular complexity index is 757. The largest absolute Gasteiger partial charge is 0.348 e. The van der Waals surface area contributed by atoms with E-state index in [4.69, 9.17) is 4.52 Å². The third-order valence-corrected chi connectivity index (χ3v) is 5.26. The molecular formula is C19H24N4O2. The Kier molecular flexibility index (Phi) is 4.53. The number of nitrogens with one attached hydrogen (secondary N) is 1. The number of carbonyl (C=O) groups excluding carboxylic acids is 1. The molecule has 0 spiro atoms. The molecule has 2 atom stereocenters. The molecule has 1 N–H and O–H groups in total. The van der Waals surface area contributed by atoms with Gasteiger partial charge >= 0.3 is 0 Å². The van der Waals surface area contributed by atoms with E-state index in [1.807, 2.05) is 0 Å². The molecule has 132 valence electrons. The van der Waals surface area contributed by atoms with Crippen LogP contribution in [0.15, 0.2) is 28.8 Å². The summed E-state index contributed by atoms with van der Waals surface area (Å²) in [5.41, 5.74) is 2.63. The molecule has 1 aliphatic heterocycles. The number of hydrogen-bond donors (Lipinski definition) is 1. The van der Waals surface area contributed by atoms with Crippen molar-refractivity contribution >= 4 is 5.91 Å². The average molecular weight is 340 g/mol. The van der Waals surface area contributed by atoms with Crippen molar-refractivity contribution in [2.45, 2.75) is 51.1 Å². The van der Waals surface area contributed by atoms with Gasteiger partial charge in [-0.3, -0.25) is 9.69 Å². The summed E-state index contributed by atoms with van der Waals surface area (Å²) >= 11 is 0. The van der Waals surface area contributed by atoms with E-state index in [0.29, 0.717) is 18.3 Å². The molecule has 1 aliphatic carbocycles. The lowest BCUT2D eigenvalue weighted by Crippen LogP contribution is -2.39. The van der Waals surface area contributed by atoms with Crippen LogP contribution >= 0.6 is 0 Å². The first kappa shape index (κ1) is 16.3. The molecule has 1 saturated heterocycles. The first-order chi connectivity index (χ1) is 12.2. The maximum Gasteiger partial charge on any atom is 0.234 e. The van der Waals surface area contributed by atoms with E-state index >= 15 is 0 Å². The molecule has 0 unspecified atom stereocenters. The molecule has 0 saturated carbocycles. The van der Waals surface area contributed by atoms with Crippen molar-refractivity contribution in [3.05, 3.63) is 47.1 Å². The van der Waals surface area contributed by atoms with Crippen LogP contribution in [0.1, 0.15) is 60.6 Å². The number of aryl methyl sites for hydroxylation is 2. The summed E-state index contributed by atoms with van der Waals surface area (Å²) in [6, 6.07) is 8.65. The van der Waals surface area contributed by atoms with Crippen molar-refractivity contribution in [2.75, 3.05) is 13.1 Å². The van der Waals surface area contributed by atoms with Crippen LogP contribution in [0.5, 0.6) is 0 Å². The zero-order valence-electron chi connectivity index (χ0n) is 14.6. The van der Waals surface area contributed by atoms with Gasteiger partial charge in [0.15, 0.2) is 5.82 Å². The van der Waals surface area contributed by atoms with Gasteiger partial charge in [0.05, 0.1) is 18.6 Å². The summed E-state index contributed by atoms with van der Waals surface area (Å²) in [5.74, 6) is 1.35. The molecule has 1 aromatic heterocycles. The Morgan fingerprint density at radius 1 is 1.32 bits per heavy atom. The maximum absolute atomic E-state index is 12.6.